The molecule has 9 heteroatoms. The summed E-state index contributed by atoms with van der Waals surface area (Å²) in [6.07, 6.45) is -0.420. The number of hydrogen-bond acceptors (Lipinski definition) is 3. The number of carbonyl (C=O) groups excluding carboxylic acids is 1. The first kappa shape index (κ1) is 21.4. The van der Waals surface area contributed by atoms with E-state index in [1.165, 1.54) is 12.3 Å². The van der Waals surface area contributed by atoms with E-state index >= 15 is 0 Å². The van der Waals surface area contributed by atoms with Gasteiger partial charge < -0.3 is 4.57 Å². The third-order valence-corrected chi connectivity index (χ3v) is 5.17. The summed E-state index contributed by atoms with van der Waals surface area (Å²) in [5.41, 5.74) is 1.03. The molecule has 0 saturated carbocycles. The lowest BCUT2D eigenvalue weighted by molar-refractivity contribution is -0.137. The van der Waals surface area contributed by atoms with Crippen LogP contribution in [-0.4, -0.2) is 15.5 Å². The molecule has 0 aliphatic carbocycles. The van der Waals surface area contributed by atoms with Crippen molar-refractivity contribution < 1.29 is 18.0 Å². The van der Waals surface area contributed by atoms with Crippen LogP contribution in [0.5, 0.6) is 0 Å². The van der Waals surface area contributed by atoms with Crippen LogP contribution in [0.1, 0.15) is 41.0 Å². The fourth-order valence-electron chi connectivity index (χ4n) is 2.99. The van der Waals surface area contributed by atoms with Crippen LogP contribution in [-0.2, 0) is 19.1 Å². The maximum Gasteiger partial charge on any atom is 0.416 e. The molecule has 3 rings (SSSR count). The average molecular weight is 442 g/mol. The number of thiazole rings is 1. The average Bonchev–Trinajstić information content (AvgIpc) is 3.20. The van der Waals surface area contributed by atoms with Crippen LogP contribution in [0.25, 0.3) is 0 Å². The molecule has 29 heavy (non-hydrogen) atoms. The van der Waals surface area contributed by atoms with Gasteiger partial charge in [-0.2, -0.15) is 13.2 Å². The van der Waals surface area contributed by atoms with Gasteiger partial charge in [0.2, 0.25) is 0 Å². The number of rotatable bonds is 6. The zero-order valence-corrected chi connectivity index (χ0v) is 17.3. The number of halogens is 4. The molecule has 3 aromatic rings. The minimum absolute atomic E-state index is 0.142. The van der Waals surface area contributed by atoms with E-state index in [9.17, 15) is 18.0 Å². The SMILES string of the molecule is CC(C)Cc1cc(C(=O)Nc2ncc(Cl)s2)n(Cc2cccc(C(F)(F)F)c2)c1. The first-order valence-electron chi connectivity index (χ1n) is 8.89. The first-order valence-corrected chi connectivity index (χ1v) is 10.1. The highest BCUT2D eigenvalue weighted by atomic mass is 35.5. The summed E-state index contributed by atoms with van der Waals surface area (Å²) in [6.45, 7) is 4.26. The molecule has 1 aromatic carbocycles. The molecule has 154 valence electrons. The Labute approximate surface area is 175 Å². The Morgan fingerprint density at radius 1 is 1.28 bits per heavy atom. The summed E-state index contributed by atoms with van der Waals surface area (Å²) in [6, 6.07) is 6.87. The van der Waals surface area contributed by atoms with Gasteiger partial charge in [0, 0.05) is 12.7 Å². The van der Waals surface area contributed by atoms with Gasteiger partial charge in [-0.25, -0.2) is 4.98 Å². The van der Waals surface area contributed by atoms with Crippen LogP contribution >= 0.6 is 22.9 Å². The van der Waals surface area contributed by atoms with Crippen LogP contribution in [0.2, 0.25) is 4.34 Å². The van der Waals surface area contributed by atoms with Gasteiger partial charge in [-0.1, -0.05) is 48.9 Å². The summed E-state index contributed by atoms with van der Waals surface area (Å²) >= 11 is 6.98. The van der Waals surface area contributed by atoms with Crippen molar-refractivity contribution in [2.24, 2.45) is 5.92 Å². The molecule has 1 N–H and O–H groups in total. The van der Waals surface area contributed by atoms with Crippen LogP contribution in [0.4, 0.5) is 18.3 Å². The fourth-order valence-corrected chi connectivity index (χ4v) is 3.80. The van der Waals surface area contributed by atoms with Crippen molar-refractivity contribution >= 4 is 34.0 Å². The van der Waals surface area contributed by atoms with E-state index in [4.69, 9.17) is 11.6 Å². The standard InChI is InChI=1S/C20H19ClF3N3OS/c1-12(2)6-14-8-16(18(28)26-19-25-9-17(21)29-19)27(11-14)10-13-4-3-5-15(7-13)20(22,23)24/h3-5,7-9,11-12H,6,10H2,1-2H3,(H,25,26,28). The molecule has 0 unspecified atom stereocenters. The van der Waals surface area contributed by atoms with E-state index in [0.717, 1.165) is 35.5 Å². The third kappa shape index (κ3) is 5.61. The van der Waals surface area contributed by atoms with Gasteiger partial charge in [0.05, 0.1) is 11.8 Å². The maximum atomic E-state index is 13.0. The van der Waals surface area contributed by atoms with Crippen LogP contribution in [0.15, 0.2) is 42.7 Å². The predicted molar refractivity (Wildman–Crippen MR) is 109 cm³/mol. The molecular formula is C20H19ClF3N3OS. The first-order chi connectivity index (χ1) is 13.6. The number of carbonyl (C=O) groups is 1. The zero-order chi connectivity index (χ0) is 21.2. The van der Waals surface area contributed by atoms with E-state index < -0.39 is 17.6 Å². The zero-order valence-electron chi connectivity index (χ0n) is 15.8. The van der Waals surface area contributed by atoms with Gasteiger partial charge in [0.15, 0.2) is 5.13 Å². The number of aromatic nitrogens is 2. The molecule has 2 aromatic heterocycles. The summed E-state index contributed by atoms with van der Waals surface area (Å²) < 4.78 is 41.2. The van der Waals surface area contributed by atoms with E-state index in [-0.39, 0.29) is 6.54 Å². The van der Waals surface area contributed by atoms with E-state index in [1.807, 2.05) is 6.20 Å². The lowest BCUT2D eigenvalue weighted by Gasteiger charge is -2.11. The summed E-state index contributed by atoms with van der Waals surface area (Å²) in [5, 5.41) is 3.05. The lowest BCUT2D eigenvalue weighted by Crippen LogP contribution is -2.17. The highest BCUT2D eigenvalue weighted by Gasteiger charge is 2.30. The molecule has 1 amide bonds. The monoisotopic (exact) mass is 441 g/mol. The maximum absolute atomic E-state index is 13.0. The molecule has 0 atom stereocenters. The number of nitrogens with zero attached hydrogens (tertiary/aromatic N) is 2. The molecule has 0 aliphatic rings. The predicted octanol–water partition coefficient (Wildman–Crippen LogP) is 6.12. The largest absolute Gasteiger partial charge is 0.416 e. The molecule has 0 spiro atoms. The molecule has 2 heterocycles. The van der Waals surface area contributed by atoms with Gasteiger partial charge >= 0.3 is 6.18 Å². The van der Waals surface area contributed by atoms with Crippen molar-refractivity contribution in [2.75, 3.05) is 5.32 Å². The van der Waals surface area contributed by atoms with Crippen molar-refractivity contribution in [2.45, 2.75) is 33.0 Å². The van der Waals surface area contributed by atoms with Gasteiger partial charge in [-0.15, -0.1) is 0 Å². The number of alkyl halides is 3. The quantitative estimate of drug-likeness (QED) is 0.501. The number of hydrogen-bond donors (Lipinski definition) is 1. The van der Waals surface area contributed by atoms with Crippen molar-refractivity contribution in [3.05, 3.63) is 69.4 Å². The second-order valence-electron chi connectivity index (χ2n) is 7.08. The Bertz CT molecular complexity index is 1010. The topological polar surface area (TPSA) is 46.9 Å². The van der Waals surface area contributed by atoms with Crippen LogP contribution in [0.3, 0.4) is 0 Å². The van der Waals surface area contributed by atoms with E-state index in [2.05, 4.69) is 24.1 Å². The fraction of sp³-hybridized carbons (Fsp3) is 0.300. The van der Waals surface area contributed by atoms with Crippen LogP contribution in [0, 0.1) is 5.92 Å². The van der Waals surface area contributed by atoms with Gasteiger partial charge in [0.1, 0.15) is 10.0 Å². The Balaban J connectivity index is 1.90. The number of nitrogens with one attached hydrogen (secondary N) is 1. The highest BCUT2D eigenvalue weighted by Crippen LogP contribution is 2.30. The molecule has 0 bridgehead atoms. The van der Waals surface area contributed by atoms with Crippen LogP contribution < -0.4 is 5.32 Å². The minimum atomic E-state index is -4.42. The van der Waals surface area contributed by atoms with Gasteiger partial charge in [0.25, 0.3) is 5.91 Å². The number of benzene rings is 1. The van der Waals surface area contributed by atoms with Crippen molar-refractivity contribution in [3.8, 4) is 0 Å². The molecule has 0 aliphatic heterocycles. The molecule has 4 nitrogen and oxygen atoms in total. The van der Waals surface area contributed by atoms with E-state index in [0.29, 0.717) is 26.6 Å². The normalized spacial score (nSPS) is 11.8. The van der Waals surface area contributed by atoms with Gasteiger partial charge in [-0.05, 0) is 41.7 Å². The Morgan fingerprint density at radius 2 is 2.03 bits per heavy atom. The number of amides is 1. The van der Waals surface area contributed by atoms with Crippen molar-refractivity contribution in [3.63, 3.8) is 0 Å². The Kier molecular flexibility index (Phi) is 6.33. The Morgan fingerprint density at radius 3 is 2.66 bits per heavy atom. The van der Waals surface area contributed by atoms with Gasteiger partial charge in [-0.3, -0.25) is 10.1 Å². The summed E-state index contributed by atoms with van der Waals surface area (Å²) in [7, 11) is 0. The molecular weight excluding hydrogens is 423 g/mol. The Hall–Kier alpha value is -2.32. The third-order valence-electron chi connectivity index (χ3n) is 4.13. The molecule has 0 saturated heterocycles. The molecule has 0 fully saturated rings. The second-order valence-corrected chi connectivity index (χ2v) is 8.74. The second kappa shape index (κ2) is 8.59. The summed E-state index contributed by atoms with van der Waals surface area (Å²) in [5.74, 6) is -0.0221. The summed E-state index contributed by atoms with van der Waals surface area (Å²) in [4.78, 5) is 16.8. The van der Waals surface area contributed by atoms with E-state index in [1.54, 1.807) is 16.7 Å². The van der Waals surface area contributed by atoms with Crippen molar-refractivity contribution in [1.29, 1.82) is 0 Å². The minimum Gasteiger partial charge on any atom is -0.339 e. The highest BCUT2D eigenvalue weighted by molar-refractivity contribution is 7.19. The smallest absolute Gasteiger partial charge is 0.339 e. The molecule has 0 radical (unpaired) electrons. The van der Waals surface area contributed by atoms with Crippen molar-refractivity contribution in [1.82, 2.24) is 9.55 Å². The lowest BCUT2D eigenvalue weighted by atomic mass is 10.1. The number of anilines is 1.